The number of hydrogen-bond acceptors (Lipinski definition) is 6. The molecule has 1 amide bonds. The first-order chi connectivity index (χ1) is 12.6. The number of anilines is 1. The van der Waals surface area contributed by atoms with Crippen molar-refractivity contribution in [3.8, 4) is 0 Å². The molecule has 0 bridgehead atoms. The fourth-order valence-corrected chi connectivity index (χ4v) is 2.30. The molecule has 2 rings (SSSR count). The quantitative estimate of drug-likeness (QED) is 0.357. The maximum atomic E-state index is 12.6. The van der Waals surface area contributed by atoms with Crippen molar-refractivity contribution in [3.63, 3.8) is 0 Å². The number of benzene rings is 1. The lowest BCUT2D eigenvalue weighted by atomic mass is 10.1. The van der Waals surface area contributed by atoms with E-state index in [-0.39, 0.29) is 28.5 Å². The minimum atomic E-state index is -0.834. The number of hydrogen-bond donors (Lipinski definition) is 1. The number of aromatic nitrogens is 1. The summed E-state index contributed by atoms with van der Waals surface area (Å²) < 4.78 is 5.26. The van der Waals surface area contributed by atoms with Crippen LogP contribution < -0.4 is 5.32 Å². The molecule has 9 heteroatoms. The monoisotopic (exact) mass is 391 g/mol. The minimum Gasteiger partial charge on any atom is -0.456 e. The van der Waals surface area contributed by atoms with Crippen LogP contribution >= 0.6 is 11.6 Å². The number of nitro benzene ring substituents is 1. The number of nitrogens with zero attached hydrogens (tertiary/aromatic N) is 2. The summed E-state index contributed by atoms with van der Waals surface area (Å²) in [5.41, 5.74) is -0.857. The van der Waals surface area contributed by atoms with Crippen molar-refractivity contribution in [2.45, 2.75) is 32.3 Å². The molecule has 0 aliphatic heterocycles. The SMILES string of the molecule is CC(C)(C)OC(=O)c1cc([N+](=O)[O-])ccc1C(=O)Nc1cccc(CCl)n1. The van der Waals surface area contributed by atoms with Crippen LogP contribution in [0.1, 0.15) is 47.2 Å². The Balaban J connectivity index is 2.40. The van der Waals surface area contributed by atoms with E-state index in [0.717, 1.165) is 12.1 Å². The second-order valence-electron chi connectivity index (χ2n) is 6.59. The topological polar surface area (TPSA) is 111 Å². The fourth-order valence-electron chi connectivity index (χ4n) is 2.15. The highest BCUT2D eigenvalue weighted by atomic mass is 35.5. The van der Waals surface area contributed by atoms with Crippen molar-refractivity contribution in [2.75, 3.05) is 5.32 Å². The van der Waals surface area contributed by atoms with Gasteiger partial charge in [0.2, 0.25) is 0 Å². The van der Waals surface area contributed by atoms with Crippen molar-refractivity contribution in [1.82, 2.24) is 4.98 Å². The molecular weight excluding hydrogens is 374 g/mol. The molecular formula is C18H18ClN3O5. The van der Waals surface area contributed by atoms with E-state index in [1.807, 2.05) is 0 Å². The number of carbonyl (C=O) groups is 2. The lowest BCUT2D eigenvalue weighted by Crippen LogP contribution is -2.26. The summed E-state index contributed by atoms with van der Waals surface area (Å²) in [6.45, 7) is 4.97. The van der Waals surface area contributed by atoms with Gasteiger partial charge in [-0.25, -0.2) is 9.78 Å². The Morgan fingerprint density at radius 1 is 1.22 bits per heavy atom. The third kappa shape index (κ3) is 5.49. The number of esters is 1. The highest BCUT2D eigenvalue weighted by molar-refractivity contribution is 6.17. The van der Waals surface area contributed by atoms with Gasteiger partial charge in [-0.05, 0) is 39.0 Å². The molecule has 0 saturated heterocycles. The molecule has 0 unspecified atom stereocenters. The first-order valence-electron chi connectivity index (χ1n) is 7.96. The van der Waals surface area contributed by atoms with Gasteiger partial charge < -0.3 is 10.1 Å². The number of carbonyl (C=O) groups excluding carboxylic acids is 2. The van der Waals surface area contributed by atoms with Gasteiger partial charge in [-0.1, -0.05) is 6.07 Å². The first-order valence-corrected chi connectivity index (χ1v) is 8.49. The van der Waals surface area contributed by atoms with Crippen molar-refractivity contribution in [2.24, 2.45) is 0 Å². The van der Waals surface area contributed by atoms with Crippen molar-refractivity contribution in [1.29, 1.82) is 0 Å². The summed E-state index contributed by atoms with van der Waals surface area (Å²) in [7, 11) is 0. The van der Waals surface area contributed by atoms with Crippen LogP contribution in [0.25, 0.3) is 0 Å². The van der Waals surface area contributed by atoms with E-state index in [1.165, 1.54) is 6.07 Å². The molecule has 142 valence electrons. The van der Waals surface area contributed by atoms with Crippen LogP contribution in [0.15, 0.2) is 36.4 Å². The zero-order chi connectivity index (χ0) is 20.2. The summed E-state index contributed by atoms with van der Waals surface area (Å²) in [6.07, 6.45) is 0. The van der Waals surface area contributed by atoms with Crippen LogP contribution in [-0.2, 0) is 10.6 Å². The van der Waals surface area contributed by atoms with Gasteiger partial charge in [0.25, 0.3) is 11.6 Å². The van der Waals surface area contributed by atoms with Crippen LogP contribution in [0.3, 0.4) is 0 Å². The van der Waals surface area contributed by atoms with E-state index in [1.54, 1.807) is 39.0 Å². The number of nitrogens with one attached hydrogen (secondary N) is 1. The molecule has 1 N–H and O–H groups in total. The van der Waals surface area contributed by atoms with Crippen LogP contribution in [0.5, 0.6) is 0 Å². The van der Waals surface area contributed by atoms with Gasteiger partial charge in [-0.15, -0.1) is 11.6 Å². The van der Waals surface area contributed by atoms with E-state index in [0.29, 0.717) is 5.69 Å². The lowest BCUT2D eigenvalue weighted by molar-refractivity contribution is -0.384. The van der Waals surface area contributed by atoms with Crippen LogP contribution in [-0.4, -0.2) is 27.4 Å². The normalized spacial score (nSPS) is 11.0. The summed E-state index contributed by atoms with van der Waals surface area (Å²) in [6, 6.07) is 8.30. The number of alkyl halides is 1. The summed E-state index contributed by atoms with van der Waals surface area (Å²) in [5.74, 6) is -1.07. The third-order valence-corrected chi connectivity index (χ3v) is 3.54. The van der Waals surface area contributed by atoms with Crippen LogP contribution in [0.4, 0.5) is 11.5 Å². The number of non-ortho nitro benzene ring substituents is 1. The number of ether oxygens (including phenoxy) is 1. The average molecular weight is 392 g/mol. The largest absolute Gasteiger partial charge is 0.456 e. The molecule has 27 heavy (non-hydrogen) atoms. The summed E-state index contributed by atoms with van der Waals surface area (Å²) >= 11 is 5.73. The number of rotatable bonds is 5. The Kier molecular flexibility index (Phi) is 6.12. The number of nitro groups is 1. The number of halogens is 1. The molecule has 8 nitrogen and oxygen atoms in total. The molecule has 0 fully saturated rings. The van der Waals surface area contributed by atoms with Crippen LogP contribution in [0, 0.1) is 10.1 Å². The zero-order valence-electron chi connectivity index (χ0n) is 15.0. The van der Waals surface area contributed by atoms with Gasteiger partial charge in [0.1, 0.15) is 11.4 Å². The highest BCUT2D eigenvalue weighted by Crippen LogP contribution is 2.22. The molecule has 0 atom stereocenters. The molecule has 1 aromatic heterocycles. The molecule has 1 aromatic carbocycles. The van der Waals surface area contributed by atoms with Crippen molar-refractivity contribution in [3.05, 3.63) is 63.3 Å². The maximum absolute atomic E-state index is 12.6. The molecule has 0 aliphatic carbocycles. The fraction of sp³-hybridized carbons (Fsp3) is 0.278. The third-order valence-electron chi connectivity index (χ3n) is 3.26. The molecule has 0 aliphatic rings. The zero-order valence-corrected chi connectivity index (χ0v) is 15.7. The molecule has 0 spiro atoms. The van der Waals surface area contributed by atoms with Gasteiger partial charge in [0.05, 0.1) is 27.6 Å². The predicted octanol–water partition coefficient (Wildman–Crippen LogP) is 3.94. The van der Waals surface area contributed by atoms with Crippen molar-refractivity contribution >= 4 is 35.0 Å². The first kappa shape index (κ1) is 20.3. The predicted molar refractivity (Wildman–Crippen MR) is 100 cm³/mol. The lowest BCUT2D eigenvalue weighted by Gasteiger charge is -2.20. The number of amides is 1. The Morgan fingerprint density at radius 3 is 2.52 bits per heavy atom. The van der Waals surface area contributed by atoms with Crippen molar-refractivity contribution < 1.29 is 19.2 Å². The smallest absolute Gasteiger partial charge is 0.339 e. The molecule has 2 aromatic rings. The Morgan fingerprint density at radius 2 is 1.93 bits per heavy atom. The van der Waals surface area contributed by atoms with Gasteiger partial charge in [-0.3, -0.25) is 14.9 Å². The van der Waals surface area contributed by atoms with Gasteiger partial charge in [0, 0.05) is 12.1 Å². The van der Waals surface area contributed by atoms with E-state index >= 15 is 0 Å². The minimum absolute atomic E-state index is 0.0621. The van der Waals surface area contributed by atoms with E-state index in [9.17, 15) is 19.7 Å². The number of pyridine rings is 1. The maximum Gasteiger partial charge on any atom is 0.339 e. The molecule has 0 saturated carbocycles. The second-order valence-corrected chi connectivity index (χ2v) is 6.86. The molecule has 1 heterocycles. The summed E-state index contributed by atoms with van der Waals surface area (Å²) in [5, 5.41) is 13.6. The van der Waals surface area contributed by atoms with E-state index in [2.05, 4.69) is 10.3 Å². The Labute approximate surface area is 160 Å². The van der Waals surface area contributed by atoms with Gasteiger partial charge >= 0.3 is 5.97 Å². The average Bonchev–Trinajstić information content (AvgIpc) is 2.59. The summed E-state index contributed by atoms with van der Waals surface area (Å²) in [4.78, 5) is 39.6. The Bertz CT molecular complexity index is 893. The highest BCUT2D eigenvalue weighted by Gasteiger charge is 2.25. The standard InChI is InChI=1S/C18H18ClN3O5/c1-18(2,3)27-17(24)14-9-12(22(25)26)7-8-13(14)16(23)21-15-6-4-5-11(10-19)20-15/h4-9H,10H2,1-3H3,(H,20,21,23). The van der Waals surface area contributed by atoms with Gasteiger partial charge in [0.15, 0.2) is 0 Å². The Hall–Kier alpha value is -3.00. The van der Waals surface area contributed by atoms with E-state index in [4.69, 9.17) is 16.3 Å². The second kappa shape index (κ2) is 8.13. The molecule has 0 radical (unpaired) electrons. The van der Waals surface area contributed by atoms with E-state index < -0.39 is 22.4 Å². The van der Waals surface area contributed by atoms with Crippen LogP contribution in [0.2, 0.25) is 0 Å². The van der Waals surface area contributed by atoms with Gasteiger partial charge in [-0.2, -0.15) is 0 Å².